The van der Waals surface area contributed by atoms with E-state index in [1.807, 2.05) is 11.8 Å². The molecule has 0 unspecified atom stereocenters. The van der Waals surface area contributed by atoms with E-state index in [2.05, 4.69) is 36.5 Å². The molecule has 2 rings (SSSR count). The van der Waals surface area contributed by atoms with E-state index < -0.39 is 0 Å². The molecule has 2 nitrogen and oxygen atoms in total. The van der Waals surface area contributed by atoms with Crippen molar-refractivity contribution in [3.63, 3.8) is 0 Å². The Kier molecular flexibility index (Phi) is 6.05. The van der Waals surface area contributed by atoms with Gasteiger partial charge in [0.05, 0.1) is 0 Å². The number of hydrogen-bond acceptors (Lipinski definition) is 3. The lowest BCUT2D eigenvalue weighted by molar-refractivity contribution is 0.0728. The Morgan fingerprint density at radius 2 is 1.94 bits per heavy atom. The second-order valence-corrected chi connectivity index (χ2v) is 5.88. The van der Waals surface area contributed by atoms with Gasteiger partial charge < -0.3 is 10.1 Å². The van der Waals surface area contributed by atoms with Crippen LogP contribution in [0.3, 0.4) is 0 Å². The first-order valence-electron chi connectivity index (χ1n) is 6.88. The molecule has 1 aromatic rings. The SMILES string of the molecule is CCNCc1ccc(SCC2CCOCC2)cc1. The summed E-state index contributed by atoms with van der Waals surface area (Å²) in [7, 11) is 0. The molecule has 1 heterocycles. The van der Waals surface area contributed by atoms with Gasteiger partial charge in [0.15, 0.2) is 0 Å². The molecule has 1 aliphatic heterocycles. The summed E-state index contributed by atoms with van der Waals surface area (Å²) >= 11 is 1.98. The maximum Gasteiger partial charge on any atom is 0.0468 e. The van der Waals surface area contributed by atoms with Gasteiger partial charge >= 0.3 is 0 Å². The fourth-order valence-electron chi connectivity index (χ4n) is 2.10. The second-order valence-electron chi connectivity index (χ2n) is 4.79. The average molecular weight is 265 g/mol. The van der Waals surface area contributed by atoms with Gasteiger partial charge in [-0.2, -0.15) is 0 Å². The van der Waals surface area contributed by atoms with Gasteiger partial charge in [-0.25, -0.2) is 0 Å². The summed E-state index contributed by atoms with van der Waals surface area (Å²) in [4.78, 5) is 1.39. The Morgan fingerprint density at radius 3 is 2.61 bits per heavy atom. The van der Waals surface area contributed by atoms with Gasteiger partial charge in [0, 0.05) is 30.4 Å². The molecule has 18 heavy (non-hydrogen) atoms. The topological polar surface area (TPSA) is 21.3 Å². The average Bonchev–Trinajstić information content (AvgIpc) is 2.45. The van der Waals surface area contributed by atoms with Gasteiger partial charge in [-0.1, -0.05) is 19.1 Å². The Hall–Kier alpha value is -0.510. The van der Waals surface area contributed by atoms with Crippen molar-refractivity contribution >= 4 is 11.8 Å². The first-order chi connectivity index (χ1) is 8.88. The molecule has 0 saturated carbocycles. The monoisotopic (exact) mass is 265 g/mol. The number of rotatable bonds is 6. The standard InChI is InChI=1S/C15H23NOS/c1-2-16-11-13-3-5-15(6-4-13)18-12-14-7-9-17-10-8-14/h3-6,14,16H,2,7-12H2,1H3. The van der Waals surface area contributed by atoms with Crippen LogP contribution in [0.25, 0.3) is 0 Å². The van der Waals surface area contributed by atoms with Gasteiger partial charge in [-0.05, 0) is 43.0 Å². The summed E-state index contributed by atoms with van der Waals surface area (Å²) in [6.45, 7) is 6.04. The van der Waals surface area contributed by atoms with E-state index in [1.54, 1.807) is 0 Å². The Labute approximate surface area is 114 Å². The van der Waals surface area contributed by atoms with Crippen LogP contribution in [0.15, 0.2) is 29.2 Å². The summed E-state index contributed by atoms with van der Waals surface area (Å²) in [5, 5.41) is 3.35. The van der Waals surface area contributed by atoms with Crippen molar-refractivity contribution in [1.82, 2.24) is 5.32 Å². The van der Waals surface area contributed by atoms with Crippen LogP contribution in [0.1, 0.15) is 25.3 Å². The molecule has 1 saturated heterocycles. The molecule has 0 spiro atoms. The number of nitrogens with one attached hydrogen (secondary N) is 1. The van der Waals surface area contributed by atoms with E-state index in [9.17, 15) is 0 Å². The van der Waals surface area contributed by atoms with Crippen molar-refractivity contribution in [3.8, 4) is 0 Å². The minimum Gasteiger partial charge on any atom is -0.381 e. The normalized spacial score (nSPS) is 16.9. The maximum atomic E-state index is 5.39. The highest BCUT2D eigenvalue weighted by molar-refractivity contribution is 7.99. The molecule has 100 valence electrons. The van der Waals surface area contributed by atoms with Crippen LogP contribution in [-0.2, 0) is 11.3 Å². The minimum atomic E-state index is 0.838. The molecule has 0 atom stereocenters. The Bertz CT molecular complexity index is 333. The van der Waals surface area contributed by atoms with Gasteiger partial charge in [-0.3, -0.25) is 0 Å². The van der Waals surface area contributed by atoms with Crippen molar-refractivity contribution in [2.24, 2.45) is 5.92 Å². The largest absolute Gasteiger partial charge is 0.381 e. The number of hydrogen-bond donors (Lipinski definition) is 1. The molecular weight excluding hydrogens is 242 g/mol. The lowest BCUT2D eigenvalue weighted by Crippen LogP contribution is -2.17. The highest BCUT2D eigenvalue weighted by Gasteiger charge is 2.13. The molecule has 0 aromatic heterocycles. The molecule has 3 heteroatoms. The van der Waals surface area contributed by atoms with Crippen LogP contribution in [-0.4, -0.2) is 25.5 Å². The lowest BCUT2D eigenvalue weighted by atomic mass is 10.0. The molecule has 0 radical (unpaired) electrons. The van der Waals surface area contributed by atoms with E-state index in [1.165, 1.54) is 29.1 Å². The highest BCUT2D eigenvalue weighted by atomic mass is 32.2. The van der Waals surface area contributed by atoms with Crippen molar-refractivity contribution in [3.05, 3.63) is 29.8 Å². The van der Waals surface area contributed by atoms with E-state index in [4.69, 9.17) is 4.74 Å². The third-order valence-electron chi connectivity index (χ3n) is 3.33. The Morgan fingerprint density at radius 1 is 1.22 bits per heavy atom. The number of thioether (sulfide) groups is 1. The van der Waals surface area contributed by atoms with Crippen LogP contribution in [0.5, 0.6) is 0 Å². The quantitative estimate of drug-likeness (QED) is 0.797. The molecule has 1 aliphatic rings. The van der Waals surface area contributed by atoms with E-state index in [-0.39, 0.29) is 0 Å². The molecule has 1 N–H and O–H groups in total. The van der Waals surface area contributed by atoms with Crippen LogP contribution >= 0.6 is 11.8 Å². The fourth-order valence-corrected chi connectivity index (χ4v) is 3.19. The van der Waals surface area contributed by atoms with Crippen molar-refractivity contribution in [2.75, 3.05) is 25.5 Å². The summed E-state index contributed by atoms with van der Waals surface area (Å²) in [5.41, 5.74) is 1.37. The van der Waals surface area contributed by atoms with Gasteiger partial charge in [-0.15, -0.1) is 11.8 Å². The molecule has 1 fully saturated rings. The molecule has 0 amide bonds. The zero-order valence-corrected chi connectivity index (χ0v) is 12.0. The van der Waals surface area contributed by atoms with Crippen LogP contribution < -0.4 is 5.32 Å². The molecule has 1 aromatic carbocycles. The van der Waals surface area contributed by atoms with Crippen molar-refractivity contribution in [1.29, 1.82) is 0 Å². The second kappa shape index (κ2) is 7.82. The first kappa shape index (κ1) is 13.9. The minimum absolute atomic E-state index is 0.838. The number of ether oxygens (including phenoxy) is 1. The van der Waals surface area contributed by atoms with Crippen LogP contribution in [0.4, 0.5) is 0 Å². The van der Waals surface area contributed by atoms with Gasteiger partial charge in [0.2, 0.25) is 0 Å². The zero-order valence-electron chi connectivity index (χ0n) is 11.2. The maximum absolute atomic E-state index is 5.39. The predicted octanol–water partition coefficient (Wildman–Crippen LogP) is 3.31. The van der Waals surface area contributed by atoms with Gasteiger partial charge in [0.1, 0.15) is 0 Å². The summed E-state index contributed by atoms with van der Waals surface area (Å²) < 4.78 is 5.39. The summed E-state index contributed by atoms with van der Waals surface area (Å²) in [6, 6.07) is 8.96. The lowest BCUT2D eigenvalue weighted by Gasteiger charge is -2.21. The third kappa shape index (κ3) is 4.63. The van der Waals surface area contributed by atoms with E-state index >= 15 is 0 Å². The fraction of sp³-hybridized carbons (Fsp3) is 0.600. The highest BCUT2D eigenvalue weighted by Crippen LogP contribution is 2.25. The Balaban J connectivity index is 1.75. The van der Waals surface area contributed by atoms with E-state index in [0.717, 1.165) is 32.2 Å². The summed E-state index contributed by atoms with van der Waals surface area (Å²) in [6.07, 6.45) is 2.46. The van der Waals surface area contributed by atoms with Gasteiger partial charge in [0.25, 0.3) is 0 Å². The van der Waals surface area contributed by atoms with Crippen LogP contribution in [0, 0.1) is 5.92 Å². The van der Waals surface area contributed by atoms with E-state index in [0.29, 0.717) is 0 Å². The molecule has 0 bridgehead atoms. The van der Waals surface area contributed by atoms with Crippen molar-refractivity contribution < 1.29 is 4.74 Å². The first-order valence-corrected chi connectivity index (χ1v) is 7.87. The third-order valence-corrected chi connectivity index (χ3v) is 4.57. The summed E-state index contributed by atoms with van der Waals surface area (Å²) in [5.74, 6) is 2.07. The molecule has 0 aliphatic carbocycles. The smallest absolute Gasteiger partial charge is 0.0468 e. The zero-order chi connectivity index (χ0) is 12.6. The van der Waals surface area contributed by atoms with Crippen LogP contribution in [0.2, 0.25) is 0 Å². The van der Waals surface area contributed by atoms with Crippen molar-refractivity contribution in [2.45, 2.75) is 31.2 Å². The molecular formula is C15H23NOS. The number of benzene rings is 1. The predicted molar refractivity (Wildman–Crippen MR) is 78.1 cm³/mol.